The third-order valence-corrected chi connectivity index (χ3v) is 4.76. The molecule has 3 nitrogen and oxygen atoms in total. The molecule has 0 aliphatic rings. The number of nitrogens with one attached hydrogen (secondary N) is 1. The van der Waals surface area contributed by atoms with Crippen molar-refractivity contribution in [3.8, 4) is 0 Å². The van der Waals surface area contributed by atoms with E-state index in [-0.39, 0.29) is 12.0 Å². The molecule has 1 aromatic rings. The maximum absolute atomic E-state index is 13.5. The van der Waals surface area contributed by atoms with Crippen LogP contribution in [0.1, 0.15) is 20.3 Å². The van der Waals surface area contributed by atoms with Crippen LogP contribution in [0.2, 0.25) is 0 Å². The van der Waals surface area contributed by atoms with Crippen molar-refractivity contribution in [1.82, 2.24) is 4.72 Å². The van der Waals surface area contributed by atoms with Crippen molar-refractivity contribution in [2.45, 2.75) is 31.2 Å². The fourth-order valence-electron chi connectivity index (χ4n) is 1.68. The largest absolute Gasteiger partial charge is 0.243 e. The quantitative estimate of drug-likeness (QED) is 0.797. The van der Waals surface area contributed by atoms with Crippen molar-refractivity contribution in [2.24, 2.45) is 5.92 Å². The molecule has 19 heavy (non-hydrogen) atoms. The van der Waals surface area contributed by atoms with Gasteiger partial charge < -0.3 is 0 Å². The number of rotatable bonds is 6. The lowest BCUT2D eigenvalue weighted by Crippen LogP contribution is -2.37. The zero-order valence-electron chi connectivity index (χ0n) is 10.7. The van der Waals surface area contributed by atoms with Crippen molar-refractivity contribution >= 4 is 26.0 Å². The number of hydrogen-bond acceptors (Lipinski definition) is 2. The van der Waals surface area contributed by atoms with Crippen LogP contribution in [0.5, 0.6) is 0 Å². The minimum atomic E-state index is -4.07. The molecule has 1 aromatic carbocycles. The predicted molar refractivity (Wildman–Crippen MR) is 73.7 cm³/mol. The minimum Gasteiger partial charge on any atom is -0.207 e. The van der Waals surface area contributed by atoms with Crippen LogP contribution in [0.3, 0.4) is 0 Å². The second kappa shape index (κ2) is 6.76. The summed E-state index contributed by atoms with van der Waals surface area (Å²) in [5.74, 6) is -1.48. The third kappa shape index (κ3) is 4.81. The maximum Gasteiger partial charge on any atom is 0.243 e. The van der Waals surface area contributed by atoms with Gasteiger partial charge in [0, 0.05) is 11.4 Å². The highest BCUT2D eigenvalue weighted by Crippen LogP contribution is 2.17. The molecule has 0 aromatic heterocycles. The average molecular weight is 356 g/mol. The monoisotopic (exact) mass is 355 g/mol. The zero-order chi connectivity index (χ0) is 14.6. The Hall–Kier alpha value is -0.530. The Bertz CT molecular complexity index is 535. The lowest BCUT2D eigenvalue weighted by Gasteiger charge is -2.18. The molecule has 0 spiro atoms. The van der Waals surface area contributed by atoms with Crippen LogP contribution < -0.4 is 4.72 Å². The van der Waals surface area contributed by atoms with Crippen LogP contribution in [-0.4, -0.2) is 19.8 Å². The fourth-order valence-corrected chi connectivity index (χ4v) is 3.66. The highest BCUT2D eigenvalue weighted by molar-refractivity contribution is 9.09. The van der Waals surface area contributed by atoms with Gasteiger partial charge in [0.15, 0.2) is 0 Å². The van der Waals surface area contributed by atoms with Gasteiger partial charge in [-0.25, -0.2) is 21.9 Å². The summed E-state index contributed by atoms with van der Waals surface area (Å²) >= 11 is 3.21. The molecule has 0 aliphatic heterocycles. The van der Waals surface area contributed by atoms with Crippen LogP contribution in [0, 0.1) is 17.6 Å². The molecule has 0 bridgehead atoms. The van der Waals surface area contributed by atoms with Crippen molar-refractivity contribution in [3.05, 3.63) is 29.8 Å². The van der Waals surface area contributed by atoms with Gasteiger partial charge in [0.25, 0.3) is 0 Å². The Balaban J connectivity index is 3.00. The summed E-state index contributed by atoms with van der Waals surface area (Å²) in [6, 6.07) is 1.99. The van der Waals surface area contributed by atoms with E-state index in [4.69, 9.17) is 0 Å². The van der Waals surface area contributed by atoms with E-state index in [0.29, 0.717) is 17.8 Å². The van der Waals surface area contributed by atoms with Crippen LogP contribution in [0.4, 0.5) is 8.78 Å². The molecule has 1 N–H and O–H groups in total. The van der Waals surface area contributed by atoms with Gasteiger partial charge in [-0.15, -0.1) is 0 Å². The summed E-state index contributed by atoms with van der Waals surface area (Å²) in [6.45, 7) is 3.90. The van der Waals surface area contributed by atoms with Gasteiger partial charge in [0.05, 0.1) is 0 Å². The molecular formula is C12H16BrF2NO2S. The molecule has 0 aliphatic carbocycles. The molecular weight excluding hydrogens is 340 g/mol. The van der Waals surface area contributed by atoms with E-state index in [9.17, 15) is 17.2 Å². The number of hydrogen-bond donors (Lipinski definition) is 1. The van der Waals surface area contributed by atoms with Crippen molar-refractivity contribution in [3.63, 3.8) is 0 Å². The third-order valence-electron chi connectivity index (χ3n) is 2.45. The molecule has 0 radical (unpaired) electrons. The smallest absolute Gasteiger partial charge is 0.207 e. The summed E-state index contributed by atoms with van der Waals surface area (Å²) in [7, 11) is -4.07. The van der Waals surface area contributed by atoms with Gasteiger partial charge in [-0.2, -0.15) is 0 Å². The summed E-state index contributed by atoms with van der Waals surface area (Å²) in [5.41, 5.74) is 0. The van der Waals surface area contributed by atoms with E-state index >= 15 is 0 Å². The topological polar surface area (TPSA) is 46.2 Å². The van der Waals surface area contributed by atoms with E-state index in [1.165, 1.54) is 0 Å². The molecule has 0 amide bonds. The Morgan fingerprint density at radius 3 is 2.47 bits per heavy atom. The first-order valence-corrected chi connectivity index (χ1v) is 8.40. The van der Waals surface area contributed by atoms with Crippen molar-refractivity contribution < 1.29 is 17.2 Å². The van der Waals surface area contributed by atoms with E-state index in [1.54, 1.807) is 0 Å². The lowest BCUT2D eigenvalue weighted by atomic mass is 10.1. The van der Waals surface area contributed by atoms with Gasteiger partial charge in [-0.1, -0.05) is 29.8 Å². The molecule has 0 saturated carbocycles. The molecule has 1 atom stereocenters. The van der Waals surface area contributed by atoms with Crippen molar-refractivity contribution in [2.75, 3.05) is 5.33 Å². The number of sulfonamides is 1. The van der Waals surface area contributed by atoms with E-state index in [0.717, 1.165) is 12.1 Å². The fraction of sp³-hybridized carbons (Fsp3) is 0.500. The second-order valence-electron chi connectivity index (χ2n) is 4.68. The Morgan fingerprint density at radius 1 is 1.32 bits per heavy atom. The van der Waals surface area contributed by atoms with E-state index < -0.39 is 26.6 Å². The van der Waals surface area contributed by atoms with Crippen LogP contribution in [-0.2, 0) is 10.0 Å². The SMILES string of the molecule is CC(C)CC(CBr)NS(=O)(=O)c1cc(F)ccc1F. The highest BCUT2D eigenvalue weighted by Gasteiger charge is 2.23. The molecule has 7 heteroatoms. The van der Waals surface area contributed by atoms with Gasteiger partial charge in [0.2, 0.25) is 10.0 Å². The van der Waals surface area contributed by atoms with Gasteiger partial charge in [-0.05, 0) is 30.5 Å². The Labute approximate surface area is 120 Å². The molecule has 1 unspecified atom stereocenters. The zero-order valence-corrected chi connectivity index (χ0v) is 13.1. The first-order valence-electron chi connectivity index (χ1n) is 5.79. The first-order chi connectivity index (χ1) is 8.76. The van der Waals surface area contributed by atoms with E-state index in [2.05, 4.69) is 20.7 Å². The number of halogens is 3. The standard InChI is InChI=1S/C12H16BrF2NO2S/c1-8(2)5-10(7-13)16-19(17,18)12-6-9(14)3-4-11(12)15/h3-4,6,8,10,16H,5,7H2,1-2H3. The first kappa shape index (κ1) is 16.5. The van der Waals surface area contributed by atoms with Crippen molar-refractivity contribution in [1.29, 1.82) is 0 Å². The molecule has 108 valence electrons. The van der Waals surface area contributed by atoms with Gasteiger partial charge in [-0.3, -0.25) is 0 Å². The average Bonchev–Trinajstić information content (AvgIpc) is 2.30. The second-order valence-corrected chi connectivity index (χ2v) is 7.01. The van der Waals surface area contributed by atoms with E-state index in [1.807, 2.05) is 13.8 Å². The lowest BCUT2D eigenvalue weighted by molar-refractivity contribution is 0.484. The summed E-state index contributed by atoms with van der Waals surface area (Å²) in [5, 5.41) is 0.404. The summed E-state index contributed by atoms with van der Waals surface area (Å²) in [4.78, 5) is -0.665. The van der Waals surface area contributed by atoms with Gasteiger partial charge >= 0.3 is 0 Å². The maximum atomic E-state index is 13.5. The Kier molecular flexibility index (Phi) is 5.88. The minimum absolute atomic E-state index is 0.280. The summed E-state index contributed by atoms with van der Waals surface area (Å²) in [6.07, 6.45) is 0.599. The number of alkyl halides is 1. The van der Waals surface area contributed by atoms with Crippen LogP contribution >= 0.6 is 15.9 Å². The number of benzene rings is 1. The molecule has 0 heterocycles. The summed E-state index contributed by atoms with van der Waals surface area (Å²) < 4.78 is 52.9. The van der Waals surface area contributed by atoms with Gasteiger partial charge in [0.1, 0.15) is 16.5 Å². The molecule has 0 saturated heterocycles. The van der Waals surface area contributed by atoms with Crippen LogP contribution in [0.25, 0.3) is 0 Å². The molecule has 1 rings (SSSR count). The normalized spacial score (nSPS) is 13.8. The Morgan fingerprint density at radius 2 is 1.95 bits per heavy atom. The predicted octanol–water partition coefficient (Wildman–Crippen LogP) is 3.05. The highest BCUT2D eigenvalue weighted by atomic mass is 79.9. The van der Waals surface area contributed by atoms with Crippen LogP contribution in [0.15, 0.2) is 23.1 Å². The molecule has 0 fully saturated rings.